The number of phenols is 1. The number of aryl methyl sites for hydroxylation is 1. The number of amides is 1. The van der Waals surface area contributed by atoms with Gasteiger partial charge < -0.3 is 10.4 Å². The second kappa shape index (κ2) is 5.85. The third-order valence-corrected chi connectivity index (χ3v) is 4.30. The van der Waals surface area contributed by atoms with Crippen LogP contribution < -0.4 is 5.32 Å². The first-order valence-corrected chi connectivity index (χ1v) is 7.13. The van der Waals surface area contributed by atoms with Gasteiger partial charge in [0.25, 0.3) is 5.91 Å². The van der Waals surface area contributed by atoms with Gasteiger partial charge in [-0.3, -0.25) is 4.79 Å². The van der Waals surface area contributed by atoms with Gasteiger partial charge in [0.2, 0.25) is 0 Å². The molecule has 0 aliphatic carbocycles. The molecule has 2 rings (SSSR count). The minimum Gasteiger partial charge on any atom is -0.507 e. The molecule has 0 radical (unpaired) electrons. The maximum absolute atomic E-state index is 12.2. The van der Waals surface area contributed by atoms with Crippen molar-refractivity contribution in [2.24, 2.45) is 0 Å². The molecule has 0 spiro atoms. The SMILES string of the molecule is Cc1ccc(NC(=O)c2ccc(Br)c(Cl)c2)c(C)c1O. The summed E-state index contributed by atoms with van der Waals surface area (Å²) in [6, 6.07) is 8.50. The summed E-state index contributed by atoms with van der Waals surface area (Å²) < 4.78 is 0.736. The van der Waals surface area contributed by atoms with Gasteiger partial charge in [0.15, 0.2) is 0 Å². The molecule has 104 valence electrons. The van der Waals surface area contributed by atoms with Crippen LogP contribution >= 0.6 is 27.5 Å². The van der Waals surface area contributed by atoms with Crippen molar-refractivity contribution in [2.75, 3.05) is 5.32 Å². The van der Waals surface area contributed by atoms with Crippen LogP contribution in [0, 0.1) is 13.8 Å². The van der Waals surface area contributed by atoms with E-state index in [1.807, 2.05) is 6.92 Å². The monoisotopic (exact) mass is 353 g/mol. The predicted octanol–water partition coefficient (Wildman–Crippen LogP) is 4.68. The van der Waals surface area contributed by atoms with Crippen LogP contribution in [0.1, 0.15) is 21.5 Å². The summed E-state index contributed by atoms with van der Waals surface area (Å²) in [4.78, 5) is 12.2. The number of hydrogen-bond donors (Lipinski definition) is 2. The van der Waals surface area contributed by atoms with Gasteiger partial charge in [-0.2, -0.15) is 0 Å². The minimum absolute atomic E-state index is 0.191. The van der Waals surface area contributed by atoms with Crippen LogP contribution in [0.15, 0.2) is 34.8 Å². The molecule has 0 aliphatic heterocycles. The number of benzene rings is 2. The van der Waals surface area contributed by atoms with Crippen LogP contribution in [0.2, 0.25) is 5.02 Å². The molecule has 3 nitrogen and oxygen atoms in total. The van der Waals surface area contributed by atoms with Gasteiger partial charge in [0, 0.05) is 21.3 Å². The van der Waals surface area contributed by atoms with Crippen molar-refractivity contribution in [1.29, 1.82) is 0 Å². The molecule has 0 atom stereocenters. The summed E-state index contributed by atoms with van der Waals surface area (Å²) in [6.07, 6.45) is 0. The maximum atomic E-state index is 12.2. The Kier molecular flexibility index (Phi) is 4.35. The number of nitrogens with one attached hydrogen (secondary N) is 1. The highest BCUT2D eigenvalue weighted by atomic mass is 79.9. The van der Waals surface area contributed by atoms with Gasteiger partial charge in [0.05, 0.1) is 5.02 Å². The lowest BCUT2D eigenvalue weighted by molar-refractivity contribution is 0.102. The number of hydrogen-bond acceptors (Lipinski definition) is 2. The quantitative estimate of drug-likeness (QED) is 0.823. The smallest absolute Gasteiger partial charge is 0.255 e. The van der Waals surface area contributed by atoms with Crippen molar-refractivity contribution < 1.29 is 9.90 Å². The van der Waals surface area contributed by atoms with Crippen molar-refractivity contribution in [3.05, 3.63) is 56.5 Å². The first-order chi connectivity index (χ1) is 9.40. The fourth-order valence-electron chi connectivity index (χ4n) is 1.80. The van der Waals surface area contributed by atoms with E-state index >= 15 is 0 Å². The minimum atomic E-state index is -0.272. The van der Waals surface area contributed by atoms with Crippen LogP contribution in [0.5, 0.6) is 5.75 Å². The highest BCUT2D eigenvalue weighted by molar-refractivity contribution is 9.10. The van der Waals surface area contributed by atoms with E-state index in [1.54, 1.807) is 37.3 Å². The molecule has 0 unspecified atom stereocenters. The van der Waals surface area contributed by atoms with Gasteiger partial charge in [-0.05, 0) is 59.6 Å². The first kappa shape index (κ1) is 14.9. The summed E-state index contributed by atoms with van der Waals surface area (Å²) in [5.41, 5.74) is 2.45. The number of aromatic hydroxyl groups is 1. The standard InChI is InChI=1S/C15H13BrClNO2/c1-8-3-6-13(9(2)14(8)19)18-15(20)10-4-5-11(16)12(17)7-10/h3-7,19H,1-2H3,(H,18,20). The van der Waals surface area contributed by atoms with E-state index < -0.39 is 0 Å². The van der Waals surface area contributed by atoms with Crippen molar-refractivity contribution in [1.82, 2.24) is 0 Å². The summed E-state index contributed by atoms with van der Waals surface area (Å²) >= 11 is 9.25. The lowest BCUT2D eigenvalue weighted by Gasteiger charge is -2.11. The Balaban J connectivity index is 2.28. The van der Waals surface area contributed by atoms with Crippen LogP contribution in [0.4, 0.5) is 5.69 Å². The van der Waals surface area contributed by atoms with Gasteiger partial charge in [-0.1, -0.05) is 17.7 Å². The molecule has 0 saturated carbocycles. The van der Waals surface area contributed by atoms with Crippen LogP contribution in [-0.2, 0) is 0 Å². The predicted molar refractivity (Wildman–Crippen MR) is 84.7 cm³/mol. The summed E-state index contributed by atoms with van der Waals surface area (Å²) in [6.45, 7) is 3.56. The summed E-state index contributed by atoms with van der Waals surface area (Å²) in [5.74, 6) is -0.0811. The Bertz CT molecular complexity index is 686. The number of anilines is 1. The number of carbonyl (C=O) groups is 1. The topological polar surface area (TPSA) is 49.3 Å². The van der Waals surface area contributed by atoms with Crippen molar-refractivity contribution in [3.8, 4) is 5.75 Å². The van der Waals surface area contributed by atoms with Crippen LogP contribution in [0.25, 0.3) is 0 Å². The van der Waals surface area contributed by atoms with Crippen molar-refractivity contribution in [3.63, 3.8) is 0 Å². The Hall–Kier alpha value is -1.52. The Morgan fingerprint density at radius 1 is 1.25 bits per heavy atom. The van der Waals surface area contributed by atoms with E-state index in [0.29, 0.717) is 21.8 Å². The van der Waals surface area contributed by atoms with Gasteiger partial charge in [-0.25, -0.2) is 0 Å². The molecule has 0 aromatic heterocycles. The zero-order chi connectivity index (χ0) is 14.9. The van der Waals surface area contributed by atoms with Crippen molar-refractivity contribution in [2.45, 2.75) is 13.8 Å². The molecule has 0 bridgehead atoms. The van der Waals surface area contributed by atoms with Gasteiger partial charge >= 0.3 is 0 Å². The second-order valence-corrected chi connectivity index (χ2v) is 5.75. The van der Waals surface area contributed by atoms with Gasteiger partial charge in [0.1, 0.15) is 5.75 Å². The van der Waals surface area contributed by atoms with E-state index in [0.717, 1.165) is 10.0 Å². The fraction of sp³-hybridized carbons (Fsp3) is 0.133. The molecule has 2 aromatic carbocycles. The summed E-state index contributed by atoms with van der Waals surface area (Å²) in [7, 11) is 0. The molecular formula is C15H13BrClNO2. The molecule has 0 aliphatic rings. The average molecular weight is 355 g/mol. The Morgan fingerprint density at radius 2 is 1.95 bits per heavy atom. The highest BCUT2D eigenvalue weighted by Gasteiger charge is 2.12. The number of phenolic OH excluding ortho intramolecular Hbond substituents is 1. The molecule has 5 heteroatoms. The fourth-order valence-corrected chi connectivity index (χ4v) is 2.23. The highest BCUT2D eigenvalue weighted by Crippen LogP contribution is 2.29. The normalized spacial score (nSPS) is 10.4. The number of halogens is 2. The lowest BCUT2D eigenvalue weighted by Crippen LogP contribution is -2.12. The summed E-state index contributed by atoms with van der Waals surface area (Å²) in [5, 5.41) is 13.1. The molecule has 1 amide bonds. The van der Waals surface area contributed by atoms with E-state index in [9.17, 15) is 9.90 Å². The zero-order valence-electron chi connectivity index (χ0n) is 11.0. The largest absolute Gasteiger partial charge is 0.507 e. The second-order valence-electron chi connectivity index (χ2n) is 4.49. The third-order valence-electron chi connectivity index (χ3n) is 3.06. The van der Waals surface area contributed by atoms with Gasteiger partial charge in [-0.15, -0.1) is 0 Å². The van der Waals surface area contributed by atoms with Crippen LogP contribution in [0.3, 0.4) is 0 Å². The van der Waals surface area contributed by atoms with E-state index in [4.69, 9.17) is 11.6 Å². The lowest BCUT2D eigenvalue weighted by atomic mass is 10.1. The molecule has 0 fully saturated rings. The van der Waals surface area contributed by atoms with E-state index in [2.05, 4.69) is 21.2 Å². The molecular weight excluding hydrogens is 342 g/mol. The molecule has 20 heavy (non-hydrogen) atoms. The maximum Gasteiger partial charge on any atom is 0.255 e. The average Bonchev–Trinajstić information content (AvgIpc) is 2.42. The zero-order valence-corrected chi connectivity index (χ0v) is 13.3. The molecule has 2 aromatic rings. The Labute approximate surface area is 130 Å². The molecule has 0 heterocycles. The molecule has 2 N–H and O–H groups in total. The number of carbonyl (C=O) groups excluding carboxylic acids is 1. The third kappa shape index (κ3) is 2.97. The number of rotatable bonds is 2. The first-order valence-electron chi connectivity index (χ1n) is 5.95. The van der Waals surface area contributed by atoms with E-state index in [1.165, 1.54) is 0 Å². The van der Waals surface area contributed by atoms with Crippen LogP contribution in [-0.4, -0.2) is 11.0 Å². The Morgan fingerprint density at radius 3 is 2.60 bits per heavy atom. The van der Waals surface area contributed by atoms with E-state index in [-0.39, 0.29) is 11.7 Å². The molecule has 0 saturated heterocycles. The van der Waals surface area contributed by atoms with Crippen molar-refractivity contribution >= 4 is 39.1 Å².